The van der Waals surface area contributed by atoms with Gasteiger partial charge in [0.15, 0.2) is 0 Å². The molecule has 1 unspecified atom stereocenters. The van der Waals surface area contributed by atoms with E-state index in [-0.39, 0.29) is 12.6 Å². The maximum atomic E-state index is 12.1. The Labute approximate surface area is 103 Å². The number of nitrogens with one attached hydrogen (secondary N) is 1. The van der Waals surface area contributed by atoms with Gasteiger partial charge >= 0.3 is 0 Å². The molecule has 6 heteroatoms. The van der Waals surface area contributed by atoms with Crippen molar-refractivity contribution >= 4 is 10.2 Å². The van der Waals surface area contributed by atoms with Gasteiger partial charge in [0, 0.05) is 19.1 Å². The second-order valence-electron chi connectivity index (χ2n) is 5.36. The lowest BCUT2D eigenvalue weighted by Crippen LogP contribution is -2.53. The fraction of sp³-hybridized carbons (Fsp3) is 1.00. The zero-order chi connectivity index (χ0) is 12.5. The predicted molar refractivity (Wildman–Crippen MR) is 65.7 cm³/mol. The number of piperidine rings is 1. The number of nitrogens with zero attached hydrogens (tertiary/aromatic N) is 1. The van der Waals surface area contributed by atoms with Crippen molar-refractivity contribution in [2.75, 3.05) is 13.1 Å². The monoisotopic (exact) mass is 262 g/mol. The second-order valence-corrected chi connectivity index (χ2v) is 7.07. The molecular weight excluding hydrogens is 240 g/mol. The van der Waals surface area contributed by atoms with Crippen LogP contribution in [0.25, 0.3) is 0 Å². The van der Waals surface area contributed by atoms with E-state index in [4.69, 9.17) is 0 Å². The van der Waals surface area contributed by atoms with Crippen LogP contribution in [0.15, 0.2) is 0 Å². The molecule has 1 aliphatic heterocycles. The zero-order valence-corrected chi connectivity index (χ0v) is 11.2. The average molecular weight is 262 g/mol. The molecule has 1 saturated heterocycles. The molecule has 0 amide bonds. The summed E-state index contributed by atoms with van der Waals surface area (Å²) in [5.41, 5.74) is -0.800. The van der Waals surface area contributed by atoms with Gasteiger partial charge in [-0.3, -0.25) is 0 Å². The summed E-state index contributed by atoms with van der Waals surface area (Å²) in [6, 6.07) is 0.0669. The van der Waals surface area contributed by atoms with Crippen LogP contribution in [0.3, 0.4) is 0 Å². The molecule has 1 aliphatic carbocycles. The first-order chi connectivity index (χ1) is 7.93. The molecule has 5 nitrogen and oxygen atoms in total. The van der Waals surface area contributed by atoms with Gasteiger partial charge in [-0.25, -0.2) is 0 Å². The third kappa shape index (κ3) is 2.99. The van der Waals surface area contributed by atoms with Gasteiger partial charge in [0.1, 0.15) is 0 Å². The van der Waals surface area contributed by atoms with E-state index >= 15 is 0 Å². The molecule has 17 heavy (non-hydrogen) atoms. The topological polar surface area (TPSA) is 69.6 Å². The predicted octanol–water partition coefficient (Wildman–Crippen LogP) is 0.610. The zero-order valence-electron chi connectivity index (χ0n) is 10.4. The van der Waals surface area contributed by atoms with Crippen molar-refractivity contribution in [1.82, 2.24) is 9.03 Å². The van der Waals surface area contributed by atoms with Crippen molar-refractivity contribution in [2.24, 2.45) is 0 Å². The summed E-state index contributed by atoms with van der Waals surface area (Å²) in [6.07, 6.45) is 5.33. The van der Waals surface area contributed by atoms with Crippen LogP contribution in [-0.2, 0) is 10.2 Å². The summed E-state index contributed by atoms with van der Waals surface area (Å²) in [5.74, 6) is 0. The standard InChI is InChI=1S/C11H22N2O3S/c1-10-5-2-3-8-13(10)17(15,16)12-9-11(14)6-4-7-11/h10,12,14H,2-9H2,1H3. The molecule has 2 N–H and O–H groups in total. The maximum Gasteiger partial charge on any atom is 0.279 e. The quantitative estimate of drug-likeness (QED) is 0.780. The first kappa shape index (κ1) is 13.3. The van der Waals surface area contributed by atoms with Gasteiger partial charge in [0.05, 0.1) is 5.60 Å². The fourth-order valence-electron chi connectivity index (χ4n) is 2.50. The smallest absolute Gasteiger partial charge is 0.279 e. The SMILES string of the molecule is CC1CCCCN1S(=O)(=O)NCC1(O)CCC1. The molecule has 1 saturated carbocycles. The van der Waals surface area contributed by atoms with Crippen molar-refractivity contribution in [3.05, 3.63) is 0 Å². The third-order valence-corrected chi connectivity index (χ3v) is 5.59. The Morgan fingerprint density at radius 3 is 2.59 bits per heavy atom. The minimum absolute atomic E-state index is 0.0669. The molecule has 0 aromatic rings. The molecule has 0 aromatic heterocycles. The third-order valence-electron chi connectivity index (χ3n) is 3.92. The Bertz CT molecular complexity index is 365. The maximum absolute atomic E-state index is 12.1. The Hall–Kier alpha value is -0.170. The average Bonchev–Trinajstić information content (AvgIpc) is 2.24. The number of hydrogen-bond acceptors (Lipinski definition) is 3. The highest BCUT2D eigenvalue weighted by Crippen LogP contribution is 2.31. The Kier molecular flexibility index (Phi) is 3.77. The van der Waals surface area contributed by atoms with Gasteiger partial charge in [0.2, 0.25) is 0 Å². The molecule has 2 aliphatic rings. The summed E-state index contributed by atoms with van der Waals surface area (Å²) < 4.78 is 28.2. The van der Waals surface area contributed by atoms with Crippen LogP contribution >= 0.6 is 0 Å². The van der Waals surface area contributed by atoms with E-state index < -0.39 is 15.8 Å². The summed E-state index contributed by atoms with van der Waals surface area (Å²) >= 11 is 0. The summed E-state index contributed by atoms with van der Waals surface area (Å²) in [6.45, 7) is 2.68. The minimum atomic E-state index is -3.42. The van der Waals surface area contributed by atoms with Gasteiger partial charge in [0.25, 0.3) is 10.2 Å². The summed E-state index contributed by atoms with van der Waals surface area (Å²) in [5, 5.41) is 9.89. The first-order valence-corrected chi connectivity index (χ1v) is 7.86. The lowest BCUT2D eigenvalue weighted by atomic mass is 9.81. The van der Waals surface area contributed by atoms with Crippen LogP contribution in [0.1, 0.15) is 45.4 Å². The van der Waals surface area contributed by atoms with Crippen LogP contribution in [0, 0.1) is 0 Å². The molecule has 2 fully saturated rings. The normalized spacial score (nSPS) is 29.9. The van der Waals surface area contributed by atoms with Crippen molar-refractivity contribution in [3.8, 4) is 0 Å². The van der Waals surface area contributed by atoms with E-state index in [1.807, 2.05) is 6.92 Å². The van der Waals surface area contributed by atoms with Crippen LogP contribution in [0.5, 0.6) is 0 Å². The molecule has 0 radical (unpaired) electrons. The fourth-order valence-corrected chi connectivity index (χ4v) is 4.06. The number of rotatable bonds is 4. The van der Waals surface area contributed by atoms with Gasteiger partial charge in [-0.05, 0) is 39.0 Å². The van der Waals surface area contributed by atoms with Crippen LogP contribution in [-0.4, -0.2) is 42.6 Å². The highest BCUT2D eigenvalue weighted by Gasteiger charge is 2.37. The molecule has 0 aromatic carbocycles. The highest BCUT2D eigenvalue weighted by molar-refractivity contribution is 7.87. The van der Waals surface area contributed by atoms with E-state index in [9.17, 15) is 13.5 Å². The molecule has 1 heterocycles. The van der Waals surface area contributed by atoms with E-state index in [0.29, 0.717) is 19.4 Å². The summed E-state index contributed by atoms with van der Waals surface area (Å²) in [7, 11) is -3.42. The molecule has 0 spiro atoms. The molecule has 0 bridgehead atoms. The van der Waals surface area contributed by atoms with E-state index in [1.54, 1.807) is 0 Å². The Morgan fingerprint density at radius 1 is 1.35 bits per heavy atom. The van der Waals surface area contributed by atoms with E-state index in [1.165, 1.54) is 4.31 Å². The minimum Gasteiger partial charge on any atom is -0.389 e. The van der Waals surface area contributed by atoms with Crippen LogP contribution < -0.4 is 4.72 Å². The van der Waals surface area contributed by atoms with Crippen molar-refractivity contribution in [3.63, 3.8) is 0 Å². The van der Waals surface area contributed by atoms with Crippen molar-refractivity contribution in [2.45, 2.75) is 57.1 Å². The lowest BCUT2D eigenvalue weighted by Gasteiger charge is -2.38. The molecule has 1 atom stereocenters. The lowest BCUT2D eigenvalue weighted by molar-refractivity contribution is -0.0274. The van der Waals surface area contributed by atoms with E-state index in [0.717, 1.165) is 25.7 Å². The van der Waals surface area contributed by atoms with Gasteiger partial charge in [-0.15, -0.1) is 0 Å². The molecular formula is C11H22N2O3S. The van der Waals surface area contributed by atoms with Crippen LogP contribution in [0.2, 0.25) is 0 Å². The Morgan fingerprint density at radius 2 is 2.06 bits per heavy atom. The van der Waals surface area contributed by atoms with Gasteiger partial charge < -0.3 is 5.11 Å². The van der Waals surface area contributed by atoms with Crippen LogP contribution in [0.4, 0.5) is 0 Å². The molecule has 100 valence electrons. The van der Waals surface area contributed by atoms with Crippen molar-refractivity contribution in [1.29, 1.82) is 0 Å². The Balaban J connectivity index is 1.93. The van der Waals surface area contributed by atoms with Crippen molar-refractivity contribution < 1.29 is 13.5 Å². The van der Waals surface area contributed by atoms with Gasteiger partial charge in [-0.2, -0.15) is 17.4 Å². The summed E-state index contributed by atoms with van der Waals surface area (Å²) in [4.78, 5) is 0. The second kappa shape index (κ2) is 4.84. The highest BCUT2D eigenvalue weighted by atomic mass is 32.2. The number of aliphatic hydroxyl groups is 1. The largest absolute Gasteiger partial charge is 0.389 e. The first-order valence-electron chi connectivity index (χ1n) is 6.42. The van der Waals surface area contributed by atoms with Gasteiger partial charge in [-0.1, -0.05) is 6.42 Å². The van der Waals surface area contributed by atoms with E-state index in [2.05, 4.69) is 4.72 Å². The molecule has 2 rings (SSSR count). The number of hydrogen-bond donors (Lipinski definition) is 2.